The number of anilines is 1. The minimum atomic E-state index is -0.741. The number of aromatic nitrogens is 1. The van der Waals surface area contributed by atoms with E-state index >= 15 is 0 Å². The second kappa shape index (κ2) is 11.6. The monoisotopic (exact) mass is 565 g/mol. The molecule has 0 atom stereocenters. The van der Waals surface area contributed by atoms with Crippen LogP contribution in [-0.2, 0) is 0 Å². The fraction of sp³-hybridized carbons (Fsp3) is 0.154. The Morgan fingerprint density at radius 1 is 0.949 bits per heavy atom. The number of nitrogens with one attached hydrogen (secondary N) is 2. The Hall–Kier alpha value is -4.33. The van der Waals surface area contributed by atoms with Crippen LogP contribution in [0.1, 0.15) is 20.8 Å². The van der Waals surface area contributed by atoms with Crippen LogP contribution in [0.15, 0.2) is 77.8 Å². The highest BCUT2D eigenvalue weighted by atomic mass is 32.2. The van der Waals surface area contributed by atoms with E-state index in [1.54, 1.807) is 30.5 Å². The van der Waals surface area contributed by atoms with Gasteiger partial charge in [0.25, 0.3) is 11.4 Å². The predicted molar refractivity (Wildman–Crippen MR) is 151 cm³/mol. The molecule has 0 unspecified atom stereocenters. The van der Waals surface area contributed by atoms with Crippen molar-refractivity contribution in [2.24, 2.45) is 0 Å². The van der Waals surface area contributed by atoms with Crippen molar-refractivity contribution in [3.8, 4) is 26.8 Å². The van der Waals surface area contributed by atoms with E-state index in [0.717, 1.165) is 20.9 Å². The summed E-state index contributed by atoms with van der Waals surface area (Å²) < 4.78 is 8.63. The zero-order valence-electron chi connectivity index (χ0n) is 21.0. The van der Waals surface area contributed by atoms with Gasteiger partial charge < -0.3 is 4.74 Å². The summed E-state index contributed by atoms with van der Waals surface area (Å²) >= 11 is 2.85. The zero-order chi connectivity index (χ0) is 28.2. The molecule has 0 aliphatic carbocycles. The molecule has 0 aliphatic heterocycles. The number of carbonyl (C=O) groups excluding carboxylic acids is 1. The van der Waals surface area contributed by atoms with Gasteiger partial charge in [0.05, 0.1) is 14.7 Å². The predicted octanol–water partition coefficient (Wildman–Crippen LogP) is 7.30. The first-order valence-electron chi connectivity index (χ1n) is 11.5. The lowest BCUT2D eigenvalue weighted by Gasteiger charge is -2.21. The number of nitrogens with zero attached hydrogens (tertiary/aromatic N) is 3. The Morgan fingerprint density at radius 3 is 2.15 bits per heavy atom. The molecular weight excluding hydrogens is 542 g/mol. The third-order valence-electron chi connectivity index (χ3n) is 5.05. The molecule has 1 aromatic heterocycles. The summed E-state index contributed by atoms with van der Waals surface area (Å²) in [6.45, 7) is 6.09. The van der Waals surface area contributed by atoms with Gasteiger partial charge in [0.2, 0.25) is 0 Å². The highest BCUT2D eigenvalue weighted by Crippen LogP contribution is 2.39. The third kappa shape index (κ3) is 7.37. The van der Waals surface area contributed by atoms with Crippen LogP contribution in [0.5, 0.6) is 5.75 Å². The number of benzene rings is 3. The molecule has 1 heterocycles. The minimum Gasteiger partial charge on any atom is -0.410 e. The van der Waals surface area contributed by atoms with Gasteiger partial charge in [-0.25, -0.2) is 9.78 Å². The molecule has 0 radical (unpaired) electrons. The Morgan fingerprint density at radius 2 is 1.56 bits per heavy atom. The topological polar surface area (TPSA) is 150 Å². The van der Waals surface area contributed by atoms with Crippen molar-refractivity contribution in [1.29, 1.82) is 0 Å². The molecule has 0 aliphatic rings. The zero-order valence-corrected chi connectivity index (χ0v) is 22.7. The number of non-ortho nitro benzene ring substituents is 2. The summed E-state index contributed by atoms with van der Waals surface area (Å²) in [5.74, 6) is 0.169. The molecule has 0 saturated heterocycles. The van der Waals surface area contributed by atoms with Crippen molar-refractivity contribution in [1.82, 2.24) is 9.71 Å². The first-order valence-corrected chi connectivity index (χ1v) is 13.1. The molecule has 2 N–H and O–H groups in total. The molecular formula is C26H23N5O6S2. The number of thiazole rings is 1. The van der Waals surface area contributed by atoms with Crippen LogP contribution in [0, 0.1) is 20.2 Å². The van der Waals surface area contributed by atoms with Gasteiger partial charge in [-0.05, 0) is 69.1 Å². The number of carbonyl (C=O) groups is 1. The maximum atomic E-state index is 12.5. The number of hydrogen-bond donors (Lipinski definition) is 2. The van der Waals surface area contributed by atoms with Crippen LogP contribution in [0.4, 0.5) is 21.9 Å². The van der Waals surface area contributed by atoms with E-state index in [1.165, 1.54) is 59.7 Å². The highest BCUT2D eigenvalue weighted by molar-refractivity contribution is 7.97. The van der Waals surface area contributed by atoms with Crippen LogP contribution >= 0.6 is 23.3 Å². The molecule has 3 aromatic carbocycles. The van der Waals surface area contributed by atoms with Gasteiger partial charge in [-0.2, -0.15) is 0 Å². The van der Waals surface area contributed by atoms with Gasteiger partial charge in [-0.3, -0.25) is 30.3 Å². The molecule has 13 heteroatoms. The van der Waals surface area contributed by atoms with Gasteiger partial charge in [0.15, 0.2) is 0 Å². The standard InChI is InChI=1S/C26H23N5O6S2/c1-26(2,3)29-39-22-14-17(28-25(32)37-20-11-9-19(10-12-20)31(35)36)6-13-21(22)23-15-27-24(38-23)16-4-7-18(8-5-16)30(33)34/h4-15,29H,1-3H3,(H,28,32). The molecule has 0 fully saturated rings. The van der Waals surface area contributed by atoms with Gasteiger partial charge in [0, 0.05) is 57.7 Å². The summed E-state index contributed by atoms with van der Waals surface area (Å²) in [6.07, 6.45) is 1.00. The van der Waals surface area contributed by atoms with Crippen LogP contribution < -0.4 is 14.8 Å². The molecule has 0 saturated carbocycles. The maximum absolute atomic E-state index is 12.5. The van der Waals surface area contributed by atoms with E-state index in [1.807, 2.05) is 26.8 Å². The van der Waals surface area contributed by atoms with Crippen molar-refractivity contribution >= 4 is 46.4 Å². The Kier molecular flexibility index (Phi) is 8.24. The molecule has 4 rings (SSSR count). The fourth-order valence-electron chi connectivity index (χ4n) is 3.24. The third-order valence-corrected chi connectivity index (χ3v) is 7.40. The molecule has 39 heavy (non-hydrogen) atoms. The van der Waals surface area contributed by atoms with Crippen LogP contribution in [0.2, 0.25) is 0 Å². The van der Waals surface area contributed by atoms with Crippen molar-refractivity contribution in [2.75, 3.05) is 5.32 Å². The molecule has 11 nitrogen and oxygen atoms in total. The number of amides is 1. The van der Waals surface area contributed by atoms with Gasteiger partial charge in [-0.1, -0.05) is 6.07 Å². The Labute approximate surface area is 231 Å². The van der Waals surface area contributed by atoms with Gasteiger partial charge >= 0.3 is 6.09 Å². The smallest absolute Gasteiger partial charge is 0.410 e. The second-order valence-electron chi connectivity index (χ2n) is 9.26. The number of nitro groups is 2. The minimum absolute atomic E-state index is 0.0117. The van der Waals surface area contributed by atoms with E-state index in [-0.39, 0.29) is 22.7 Å². The summed E-state index contributed by atoms with van der Waals surface area (Å²) in [7, 11) is 0. The SMILES string of the molecule is CC(C)(C)NSc1cc(NC(=O)Oc2ccc([N+](=O)[O-])cc2)ccc1-c1cnc(-c2ccc([N+](=O)[O-])cc2)s1. The molecule has 0 spiro atoms. The average molecular weight is 566 g/mol. The van der Waals surface area contributed by atoms with Crippen molar-refractivity contribution in [3.05, 3.63) is 93.2 Å². The lowest BCUT2D eigenvalue weighted by Crippen LogP contribution is -2.29. The largest absolute Gasteiger partial charge is 0.417 e. The number of rotatable bonds is 8. The summed E-state index contributed by atoms with van der Waals surface area (Å²) in [5.41, 5.74) is 1.85. The quantitative estimate of drug-likeness (QED) is 0.127. The van der Waals surface area contributed by atoms with Crippen LogP contribution in [-0.4, -0.2) is 26.5 Å². The van der Waals surface area contributed by atoms with Gasteiger partial charge in [0.1, 0.15) is 10.8 Å². The van der Waals surface area contributed by atoms with Crippen molar-refractivity contribution in [3.63, 3.8) is 0 Å². The fourth-order valence-corrected chi connectivity index (χ4v) is 5.16. The first-order chi connectivity index (χ1) is 18.5. The average Bonchev–Trinajstić information content (AvgIpc) is 3.37. The van der Waals surface area contributed by atoms with E-state index in [0.29, 0.717) is 10.7 Å². The number of hydrogen-bond acceptors (Lipinski definition) is 10. The maximum Gasteiger partial charge on any atom is 0.417 e. The van der Waals surface area contributed by atoms with E-state index in [9.17, 15) is 25.0 Å². The molecule has 4 aromatic rings. The number of nitro benzene ring substituents is 2. The normalized spacial score (nSPS) is 11.2. The number of ether oxygens (including phenoxy) is 1. The Bertz CT molecular complexity index is 1520. The summed E-state index contributed by atoms with van der Waals surface area (Å²) in [5, 5.41) is 25.2. The van der Waals surface area contributed by atoms with Crippen LogP contribution in [0.25, 0.3) is 21.0 Å². The Balaban J connectivity index is 1.55. The highest BCUT2D eigenvalue weighted by Gasteiger charge is 2.17. The second-order valence-corrected chi connectivity index (χ2v) is 11.1. The van der Waals surface area contributed by atoms with Crippen LogP contribution in [0.3, 0.4) is 0 Å². The molecule has 1 amide bonds. The van der Waals surface area contributed by atoms with Gasteiger partial charge in [-0.15, -0.1) is 11.3 Å². The van der Waals surface area contributed by atoms with E-state index in [2.05, 4.69) is 15.0 Å². The lowest BCUT2D eigenvalue weighted by atomic mass is 10.1. The van der Waals surface area contributed by atoms with Crippen molar-refractivity contribution < 1.29 is 19.4 Å². The van der Waals surface area contributed by atoms with Crippen molar-refractivity contribution in [2.45, 2.75) is 31.2 Å². The molecule has 0 bridgehead atoms. The first kappa shape index (κ1) is 27.7. The summed E-state index contributed by atoms with van der Waals surface area (Å²) in [6, 6.07) is 16.8. The lowest BCUT2D eigenvalue weighted by molar-refractivity contribution is -0.385. The van der Waals surface area contributed by atoms with E-state index < -0.39 is 15.9 Å². The van der Waals surface area contributed by atoms with E-state index in [4.69, 9.17) is 4.74 Å². The summed E-state index contributed by atoms with van der Waals surface area (Å²) in [4.78, 5) is 39.5. The molecule has 200 valence electrons.